The van der Waals surface area contributed by atoms with E-state index < -0.39 is 0 Å². The summed E-state index contributed by atoms with van der Waals surface area (Å²) in [6.07, 6.45) is 3.07. The molecule has 1 N–H and O–H groups in total. The molecular weight excluding hydrogens is 226 g/mol. The smallest absolute Gasteiger partial charge is 0.128 e. The van der Waals surface area contributed by atoms with Crippen LogP contribution >= 0.6 is 0 Å². The third-order valence-electron chi connectivity index (χ3n) is 3.38. The van der Waals surface area contributed by atoms with Gasteiger partial charge in [0, 0.05) is 19.3 Å². The number of nitrogens with one attached hydrogen (secondary N) is 1. The van der Waals surface area contributed by atoms with E-state index in [2.05, 4.69) is 41.2 Å². The highest BCUT2D eigenvalue weighted by atomic mass is 16.5. The fourth-order valence-corrected chi connectivity index (χ4v) is 2.26. The van der Waals surface area contributed by atoms with Gasteiger partial charge in [0.25, 0.3) is 0 Å². The number of hydrogen-bond donors (Lipinski definition) is 1. The number of aromatic nitrogens is 1. The van der Waals surface area contributed by atoms with E-state index in [9.17, 15) is 0 Å². The summed E-state index contributed by atoms with van der Waals surface area (Å²) in [5.41, 5.74) is 1.24. The van der Waals surface area contributed by atoms with Gasteiger partial charge in [0.15, 0.2) is 0 Å². The Bertz CT molecular complexity index is 353. The van der Waals surface area contributed by atoms with Crippen molar-refractivity contribution in [3.05, 3.63) is 23.9 Å². The van der Waals surface area contributed by atoms with E-state index in [4.69, 9.17) is 4.74 Å². The van der Waals surface area contributed by atoms with E-state index in [1.54, 1.807) is 0 Å². The quantitative estimate of drug-likeness (QED) is 0.863. The van der Waals surface area contributed by atoms with Crippen LogP contribution in [-0.2, 0) is 11.3 Å². The summed E-state index contributed by atoms with van der Waals surface area (Å²) in [5, 5.41) is 3.31. The van der Waals surface area contributed by atoms with E-state index in [0.29, 0.717) is 6.04 Å². The molecule has 0 radical (unpaired) electrons. The highest BCUT2D eigenvalue weighted by Crippen LogP contribution is 2.19. The van der Waals surface area contributed by atoms with Crippen LogP contribution in [0.5, 0.6) is 0 Å². The molecule has 2 heterocycles. The summed E-state index contributed by atoms with van der Waals surface area (Å²) in [6.45, 7) is 8.76. The molecule has 1 aliphatic rings. The first-order valence-electron chi connectivity index (χ1n) is 6.85. The molecule has 1 atom stereocenters. The van der Waals surface area contributed by atoms with Crippen molar-refractivity contribution in [3.8, 4) is 0 Å². The maximum Gasteiger partial charge on any atom is 0.128 e. The summed E-state index contributed by atoms with van der Waals surface area (Å²) in [6, 6.07) is 4.75. The molecule has 1 fully saturated rings. The summed E-state index contributed by atoms with van der Waals surface area (Å²) >= 11 is 0. The Balaban J connectivity index is 2.03. The fraction of sp³-hybridized carbons (Fsp3) is 0.643. The normalized spacial score (nSPS) is 20.1. The average molecular weight is 249 g/mol. The van der Waals surface area contributed by atoms with Crippen LogP contribution in [0.3, 0.4) is 0 Å². The summed E-state index contributed by atoms with van der Waals surface area (Å²) in [7, 11) is 0. The maximum atomic E-state index is 5.52. The number of hydrogen-bond acceptors (Lipinski definition) is 4. The van der Waals surface area contributed by atoms with Gasteiger partial charge in [-0.15, -0.1) is 0 Å². The van der Waals surface area contributed by atoms with E-state index in [1.165, 1.54) is 5.56 Å². The highest BCUT2D eigenvalue weighted by molar-refractivity contribution is 5.41. The van der Waals surface area contributed by atoms with E-state index >= 15 is 0 Å². The van der Waals surface area contributed by atoms with E-state index in [0.717, 1.165) is 45.1 Å². The number of nitrogens with zero attached hydrogens (tertiary/aromatic N) is 2. The summed E-state index contributed by atoms with van der Waals surface area (Å²) in [4.78, 5) is 6.95. The molecule has 1 saturated heterocycles. The molecule has 0 aliphatic carbocycles. The van der Waals surface area contributed by atoms with Gasteiger partial charge in [0.1, 0.15) is 5.82 Å². The van der Waals surface area contributed by atoms with Crippen molar-refractivity contribution in [2.75, 3.05) is 31.2 Å². The fourth-order valence-electron chi connectivity index (χ4n) is 2.26. The van der Waals surface area contributed by atoms with Crippen LogP contribution in [0.15, 0.2) is 18.3 Å². The lowest BCUT2D eigenvalue weighted by molar-refractivity contribution is 0.0925. The molecular formula is C14H23N3O. The van der Waals surface area contributed by atoms with Crippen molar-refractivity contribution in [1.82, 2.24) is 10.3 Å². The SMILES string of the molecule is CCNCc1ccc(N2CCOCC2CC)nc1. The van der Waals surface area contributed by atoms with E-state index in [1.807, 2.05) is 6.20 Å². The number of ether oxygens (including phenoxy) is 1. The molecule has 1 aromatic heterocycles. The van der Waals surface area contributed by atoms with Crippen LogP contribution in [0.1, 0.15) is 25.8 Å². The lowest BCUT2D eigenvalue weighted by atomic mass is 10.1. The van der Waals surface area contributed by atoms with Gasteiger partial charge in [-0.25, -0.2) is 4.98 Å². The van der Waals surface area contributed by atoms with Crippen LogP contribution in [0.2, 0.25) is 0 Å². The zero-order chi connectivity index (χ0) is 12.8. The molecule has 1 aliphatic heterocycles. The summed E-state index contributed by atoms with van der Waals surface area (Å²) < 4.78 is 5.52. The van der Waals surface area contributed by atoms with Crippen molar-refractivity contribution in [2.45, 2.75) is 32.9 Å². The number of pyridine rings is 1. The molecule has 1 aromatic rings. The second kappa shape index (κ2) is 6.71. The van der Waals surface area contributed by atoms with Gasteiger partial charge in [0.05, 0.1) is 19.3 Å². The van der Waals surface area contributed by atoms with Gasteiger partial charge in [-0.3, -0.25) is 0 Å². The van der Waals surface area contributed by atoms with Crippen molar-refractivity contribution in [3.63, 3.8) is 0 Å². The number of rotatable bonds is 5. The molecule has 18 heavy (non-hydrogen) atoms. The zero-order valence-corrected chi connectivity index (χ0v) is 11.4. The monoisotopic (exact) mass is 249 g/mol. The van der Waals surface area contributed by atoms with Crippen LogP contribution < -0.4 is 10.2 Å². The van der Waals surface area contributed by atoms with Gasteiger partial charge in [-0.05, 0) is 24.6 Å². The zero-order valence-electron chi connectivity index (χ0n) is 11.4. The Hall–Kier alpha value is -1.13. The molecule has 1 unspecified atom stereocenters. The third-order valence-corrected chi connectivity index (χ3v) is 3.38. The summed E-state index contributed by atoms with van der Waals surface area (Å²) in [5.74, 6) is 1.07. The Labute approximate surface area is 109 Å². The second-order valence-corrected chi connectivity index (χ2v) is 4.64. The van der Waals surface area contributed by atoms with Crippen LogP contribution in [0.25, 0.3) is 0 Å². The number of morpholine rings is 1. The van der Waals surface area contributed by atoms with Gasteiger partial charge in [0.2, 0.25) is 0 Å². The van der Waals surface area contributed by atoms with Crippen molar-refractivity contribution in [1.29, 1.82) is 0 Å². The molecule has 0 bridgehead atoms. The van der Waals surface area contributed by atoms with Crippen molar-refractivity contribution in [2.24, 2.45) is 0 Å². The first-order chi connectivity index (χ1) is 8.85. The lowest BCUT2D eigenvalue weighted by Gasteiger charge is -2.36. The average Bonchev–Trinajstić information content (AvgIpc) is 2.45. The minimum Gasteiger partial charge on any atom is -0.377 e. The molecule has 4 nitrogen and oxygen atoms in total. The van der Waals surface area contributed by atoms with Crippen LogP contribution in [-0.4, -0.2) is 37.3 Å². The topological polar surface area (TPSA) is 37.4 Å². The predicted molar refractivity (Wildman–Crippen MR) is 73.9 cm³/mol. The van der Waals surface area contributed by atoms with Gasteiger partial charge in [-0.2, -0.15) is 0 Å². The lowest BCUT2D eigenvalue weighted by Crippen LogP contribution is -2.45. The highest BCUT2D eigenvalue weighted by Gasteiger charge is 2.22. The Morgan fingerprint density at radius 3 is 3.00 bits per heavy atom. The van der Waals surface area contributed by atoms with Crippen LogP contribution in [0.4, 0.5) is 5.82 Å². The van der Waals surface area contributed by atoms with Gasteiger partial charge in [-0.1, -0.05) is 19.9 Å². The molecule has 0 spiro atoms. The predicted octanol–water partition coefficient (Wildman–Crippen LogP) is 1.81. The Morgan fingerprint density at radius 1 is 1.44 bits per heavy atom. The first-order valence-corrected chi connectivity index (χ1v) is 6.85. The van der Waals surface area contributed by atoms with E-state index in [-0.39, 0.29) is 0 Å². The molecule has 4 heteroatoms. The molecule has 2 rings (SSSR count). The molecule has 0 aromatic carbocycles. The standard InChI is InChI=1S/C14H23N3O/c1-3-13-11-18-8-7-17(13)14-6-5-12(10-16-14)9-15-4-2/h5-6,10,13,15H,3-4,7-9,11H2,1-2H3. The second-order valence-electron chi connectivity index (χ2n) is 4.64. The molecule has 0 amide bonds. The molecule has 100 valence electrons. The van der Waals surface area contributed by atoms with Crippen molar-refractivity contribution >= 4 is 5.82 Å². The maximum absolute atomic E-state index is 5.52. The first kappa shape index (κ1) is 13.3. The number of anilines is 1. The minimum atomic E-state index is 0.464. The van der Waals surface area contributed by atoms with Gasteiger partial charge >= 0.3 is 0 Å². The third kappa shape index (κ3) is 3.21. The largest absolute Gasteiger partial charge is 0.377 e. The van der Waals surface area contributed by atoms with Crippen LogP contribution in [0, 0.1) is 0 Å². The Kier molecular flexibility index (Phi) is 4.96. The van der Waals surface area contributed by atoms with Gasteiger partial charge < -0.3 is 15.0 Å². The minimum absolute atomic E-state index is 0.464. The van der Waals surface area contributed by atoms with Crippen molar-refractivity contribution < 1.29 is 4.74 Å². The Morgan fingerprint density at radius 2 is 2.33 bits per heavy atom. The molecule has 0 saturated carbocycles.